The average molecular weight is 504 g/mol. The lowest BCUT2D eigenvalue weighted by molar-refractivity contribution is -0.141. The van der Waals surface area contributed by atoms with E-state index in [1.807, 2.05) is 48.2 Å². The molecule has 7 nitrogen and oxygen atoms in total. The molecule has 35 heavy (non-hydrogen) atoms. The first-order valence-electron chi connectivity index (χ1n) is 12.1. The fourth-order valence-electron chi connectivity index (χ4n) is 4.92. The standard InChI is InChI=1S/C26H34FN3O4S/c1-19-9-12-25(21-7-5-4-6-8-21)35(32,33)30(19)18-22-10-11-23(17-24(22)27)28-13-15-29(16-14-28)26(31)20(2)34-3/h4-8,10-11,17,19-20,25H,9,12-16,18H2,1-3H3/t19-,20?,25?/m0/s1. The van der Waals surface area contributed by atoms with E-state index in [1.165, 1.54) is 17.5 Å². The summed E-state index contributed by atoms with van der Waals surface area (Å²) in [5, 5.41) is -0.609. The molecule has 3 atom stereocenters. The number of carbonyl (C=O) groups excluding carboxylic acids is 1. The summed E-state index contributed by atoms with van der Waals surface area (Å²) in [5.41, 5.74) is 1.87. The van der Waals surface area contributed by atoms with E-state index >= 15 is 4.39 Å². The highest BCUT2D eigenvalue weighted by Crippen LogP contribution is 2.38. The second kappa shape index (κ2) is 10.6. The van der Waals surface area contributed by atoms with Crippen molar-refractivity contribution in [1.29, 1.82) is 0 Å². The van der Waals surface area contributed by atoms with Gasteiger partial charge in [-0.3, -0.25) is 4.79 Å². The number of carbonyl (C=O) groups is 1. The number of anilines is 1. The van der Waals surface area contributed by atoms with Gasteiger partial charge in [0.2, 0.25) is 10.0 Å². The summed E-state index contributed by atoms with van der Waals surface area (Å²) in [6.07, 6.45) is 0.805. The summed E-state index contributed by atoms with van der Waals surface area (Å²) < 4.78 is 48.7. The van der Waals surface area contributed by atoms with Crippen molar-refractivity contribution in [2.75, 3.05) is 38.2 Å². The SMILES string of the molecule is COC(C)C(=O)N1CCN(c2ccc(CN3[C@@H](C)CCC(c4ccccc4)S3(=O)=O)c(F)c2)CC1. The van der Waals surface area contributed by atoms with Crippen LogP contribution in [-0.2, 0) is 26.1 Å². The maximum absolute atomic E-state index is 15.2. The van der Waals surface area contributed by atoms with Gasteiger partial charge in [-0.15, -0.1) is 0 Å². The van der Waals surface area contributed by atoms with Crippen LogP contribution in [0.4, 0.5) is 10.1 Å². The highest BCUT2D eigenvalue weighted by molar-refractivity contribution is 7.89. The summed E-state index contributed by atoms with van der Waals surface area (Å²) in [6.45, 7) is 5.90. The summed E-state index contributed by atoms with van der Waals surface area (Å²) in [6, 6.07) is 14.0. The number of methoxy groups -OCH3 is 1. The Hall–Kier alpha value is -2.49. The second-order valence-corrected chi connectivity index (χ2v) is 11.4. The van der Waals surface area contributed by atoms with E-state index in [4.69, 9.17) is 4.74 Å². The highest BCUT2D eigenvalue weighted by atomic mass is 32.2. The smallest absolute Gasteiger partial charge is 0.251 e. The Balaban J connectivity index is 1.46. The number of amides is 1. The summed E-state index contributed by atoms with van der Waals surface area (Å²) in [5.74, 6) is -0.461. The number of benzene rings is 2. The van der Waals surface area contributed by atoms with Crippen molar-refractivity contribution in [3.05, 3.63) is 65.5 Å². The van der Waals surface area contributed by atoms with E-state index < -0.39 is 27.2 Å². The number of rotatable bonds is 6. The van der Waals surface area contributed by atoms with Crippen molar-refractivity contribution in [2.24, 2.45) is 0 Å². The molecule has 2 unspecified atom stereocenters. The number of sulfonamides is 1. The van der Waals surface area contributed by atoms with E-state index in [-0.39, 0.29) is 18.5 Å². The van der Waals surface area contributed by atoms with Crippen molar-refractivity contribution in [1.82, 2.24) is 9.21 Å². The van der Waals surface area contributed by atoms with Gasteiger partial charge in [0.05, 0.1) is 0 Å². The average Bonchev–Trinajstić information content (AvgIpc) is 2.86. The molecule has 0 aliphatic carbocycles. The van der Waals surface area contributed by atoms with Gasteiger partial charge in [-0.25, -0.2) is 12.8 Å². The van der Waals surface area contributed by atoms with Crippen molar-refractivity contribution >= 4 is 21.6 Å². The van der Waals surface area contributed by atoms with Gasteiger partial charge >= 0.3 is 0 Å². The molecule has 0 saturated carbocycles. The van der Waals surface area contributed by atoms with Crippen LogP contribution in [0.3, 0.4) is 0 Å². The van der Waals surface area contributed by atoms with E-state index in [0.717, 1.165) is 17.7 Å². The molecule has 2 aromatic rings. The molecule has 0 radical (unpaired) electrons. The first-order chi connectivity index (χ1) is 16.7. The third kappa shape index (κ3) is 5.37. The van der Waals surface area contributed by atoms with Gasteiger partial charge in [0.15, 0.2) is 0 Å². The predicted octanol–water partition coefficient (Wildman–Crippen LogP) is 3.56. The summed E-state index contributed by atoms with van der Waals surface area (Å²) in [7, 11) is -2.11. The Kier molecular flexibility index (Phi) is 7.78. The summed E-state index contributed by atoms with van der Waals surface area (Å²) in [4.78, 5) is 16.1. The van der Waals surface area contributed by atoms with Crippen LogP contribution in [0.2, 0.25) is 0 Å². The van der Waals surface area contributed by atoms with Crippen LogP contribution >= 0.6 is 0 Å². The molecule has 190 valence electrons. The van der Waals surface area contributed by atoms with E-state index in [1.54, 1.807) is 17.9 Å². The van der Waals surface area contributed by atoms with Gasteiger partial charge < -0.3 is 14.5 Å². The molecule has 2 aliphatic heterocycles. The van der Waals surface area contributed by atoms with Crippen molar-refractivity contribution in [3.8, 4) is 0 Å². The second-order valence-electron chi connectivity index (χ2n) is 9.38. The highest BCUT2D eigenvalue weighted by Gasteiger charge is 2.40. The van der Waals surface area contributed by atoms with Gasteiger partial charge in [-0.05, 0) is 44.4 Å². The lowest BCUT2D eigenvalue weighted by atomic mass is 10.0. The molecule has 2 aromatic carbocycles. The van der Waals surface area contributed by atoms with Crippen LogP contribution in [0.15, 0.2) is 48.5 Å². The molecule has 2 fully saturated rings. The fraction of sp³-hybridized carbons (Fsp3) is 0.500. The monoisotopic (exact) mass is 503 g/mol. The maximum Gasteiger partial charge on any atom is 0.251 e. The largest absolute Gasteiger partial charge is 0.372 e. The zero-order valence-corrected chi connectivity index (χ0v) is 21.4. The molecule has 2 heterocycles. The number of halogens is 1. The molecule has 2 saturated heterocycles. The fourth-order valence-corrected chi connectivity index (χ4v) is 7.11. The zero-order chi connectivity index (χ0) is 25.2. The number of nitrogens with zero attached hydrogens (tertiary/aromatic N) is 3. The third-order valence-corrected chi connectivity index (χ3v) is 9.59. The molecule has 4 rings (SSSR count). The Bertz CT molecular complexity index is 1140. The Morgan fingerprint density at radius 2 is 1.77 bits per heavy atom. The van der Waals surface area contributed by atoms with Crippen LogP contribution < -0.4 is 4.90 Å². The first kappa shape index (κ1) is 25.6. The molecule has 0 bridgehead atoms. The van der Waals surface area contributed by atoms with Gasteiger partial charge in [0.25, 0.3) is 5.91 Å². The van der Waals surface area contributed by atoms with Crippen LogP contribution in [-0.4, -0.2) is 69.0 Å². The molecule has 0 N–H and O–H groups in total. The van der Waals surface area contributed by atoms with Gasteiger partial charge in [0.1, 0.15) is 17.2 Å². The minimum atomic E-state index is -3.63. The molecular weight excluding hydrogens is 469 g/mol. The van der Waals surface area contributed by atoms with Gasteiger partial charge in [0, 0.05) is 57.1 Å². The zero-order valence-electron chi connectivity index (χ0n) is 20.6. The van der Waals surface area contributed by atoms with Crippen molar-refractivity contribution in [2.45, 2.75) is 50.6 Å². The van der Waals surface area contributed by atoms with Crippen molar-refractivity contribution < 1.29 is 22.3 Å². The van der Waals surface area contributed by atoms with Crippen LogP contribution in [0.5, 0.6) is 0 Å². The molecule has 0 aromatic heterocycles. The van der Waals surface area contributed by atoms with Gasteiger partial charge in [-0.1, -0.05) is 36.4 Å². The quantitative estimate of drug-likeness (QED) is 0.603. The number of piperazine rings is 1. The molecular formula is C26H34FN3O4S. The van der Waals surface area contributed by atoms with Crippen LogP contribution in [0, 0.1) is 5.82 Å². The Labute approximate surface area is 207 Å². The Morgan fingerprint density at radius 3 is 2.40 bits per heavy atom. The predicted molar refractivity (Wildman–Crippen MR) is 134 cm³/mol. The van der Waals surface area contributed by atoms with E-state index in [0.29, 0.717) is 38.2 Å². The molecule has 1 amide bonds. The van der Waals surface area contributed by atoms with Crippen LogP contribution in [0.25, 0.3) is 0 Å². The van der Waals surface area contributed by atoms with Crippen LogP contribution in [0.1, 0.15) is 43.1 Å². The lowest BCUT2D eigenvalue weighted by Crippen LogP contribution is -2.51. The Morgan fingerprint density at radius 1 is 1.09 bits per heavy atom. The van der Waals surface area contributed by atoms with E-state index in [9.17, 15) is 13.2 Å². The van der Waals surface area contributed by atoms with Crippen molar-refractivity contribution in [3.63, 3.8) is 0 Å². The number of hydrogen-bond donors (Lipinski definition) is 0. The van der Waals surface area contributed by atoms with E-state index in [2.05, 4.69) is 0 Å². The maximum atomic E-state index is 15.2. The number of hydrogen-bond acceptors (Lipinski definition) is 5. The minimum absolute atomic E-state index is 0.0101. The topological polar surface area (TPSA) is 70.2 Å². The molecule has 2 aliphatic rings. The number of ether oxygens (including phenoxy) is 1. The molecule has 9 heteroatoms. The normalized spacial score (nSPS) is 23.8. The first-order valence-corrected chi connectivity index (χ1v) is 13.6. The lowest BCUT2D eigenvalue weighted by Gasteiger charge is -2.38. The molecule has 0 spiro atoms. The summed E-state index contributed by atoms with van der Waals surface area (Å²) >= 11 is 0. The minimum Gasteiger partial charge on any atom is -0.372 e. The van der Waals surface area contributed by atoms with Gasteiger partial charge in [-0.2, -0.15) is 4.31 Å². The third-order valence-electron chi connectivity index (χ3n) is 7.22.